The first-order chi connectivity index (χ1) is 11.1. The molecular formula is C16H27N5O2. The molecule has 1 aliphatic heterocycles. The number of aliphatic imine (C=N–C) groups is 1. The van der Waals surface area contributed by atoms with E-state index >= 15 is 0 Å². The molecule has 1 saturated heterocycles. The predicted octanol–water partition coefficient (Wildman–Crippen LogP) is 1.16. The third-order valence-corrected chi connectivity index (χ3v) is 3.85. The Hall–Kier alpha value is -2.05. The molecule has 0 bridgehead atoms. The minimum absolute atomic E-state index is 0.0639. The van der Waals surface area contributed by atoms with Gasteiger partial charge >= 0.3 is 5.97 Å². The highest BCUT2D eigenvalue weighted by molar-refractivity contribution is 5.81. The van der Waals surface area contributed by atoms with Crippen LogP contribution in [0.3, 0.4) is 0 Å². The van der Waals surface area contributed by atoms with E-state index in [-0.39, 0.29) is 11.9 Å². The summed E-state index contributed by atoms with van der Waals surface area (Å²) in [7, 11) is 1.90. The molecule has 1 aromatic heterocycles. The van der Waals surface area contributed by atoms with Crippen molar-refractivity contribution in [2.24, 2.45) is 18.0 Å². The number of carbonyl (C=O) groups is 1. The lowest BCUT2D eigenvalue weighted by Crippen LogP contribution is -2.48. The smallest absolute Gasteiger partial charge is 0.310 e. The number of hydrogen-bond acceptors (Lipinski definition) is 4. The van der Waals surface area contributed by atoms with Gasteiger partial charge in [-0.25, -0.2) is 4.99 Å². The lowest BCUT2D eigenvalue weighted by molar-refractivity contribution is -0.149. The average Bonchev–Trinajstić information content (AvgIpc) is 2.97. The van der Waals surface area contributed by atoms with E-state index in [0.29, 0.717) is 19.7 Å². The lowest BCUT2D eigenvalue weighted by Gasteiger charge is -2.34. The highest BCUT2D eigenvalue weighted by atomic mass is 16.5. The molecule has 1 fully saturated rings. The Bertz CT molecular complexity index is 540. The fourth-order valence-corrected chi connectivity index (χ4v) is 2.77. The van der Waals surface area contributed by atoms with Crippen LogP contribution in [0.15, 0.2) is 17.4 Å². The van der Waals surface area contributed by atoms with Crippen LogP contribution in [0.2, 0.25) is 0 Å². The summed E-state index contributed by atoms with van der Waals surface area (Å²) in [5.41, 5.74) is 1.07. The van der Waals surface area contributed by atoms with Gasteiger partial charge in [0.05, 0.1) is 25.3 Å². The summed E-state index contributed by atoms with van der Waals surface area (Å²) in [5.74, 6) is 0.691. The van der Waals surface area contributed by atoms with Crippen molar-refractivity contribution in [2.75, 3.05) is 26.2 Å². The molecule has 0 aromatic carbocycles. The Labute approximate surface area is 137 Å². The number of piperidine rings is 1. The van der Waals surface area contributed by atoms with Gasteiger partial charge in [0.1, 0.15) is 0 Å². The molecule has 7 heteroatoms. The largest absolute Gasteiger partial charge is 0.466 e. The molecule has 7 nitrogen and oxygen atoms in total. The third-order valence-electron chi connectivity index (χ3n) is 3.85. The summed E-state index contributed by atoms with van der Waals surface area (Å²) >= 11 is 0. The number of ether oxygens (including phenoxy) is 1. The van der Waals surface area contributed by atoms with E-state index in [1.54, 1.807) is 4.68 Å². The average molecular weight is 321 g/mol. The van der Waals surface area contributed by atoms with E-state index in [9.17, 15) is 4.79 Å². The van der Waals surface area contributed by atoms with Gasteiger partial charge in [0.15, 0.2) is 5.96 Å². The molecule has 1 unspecified atom stereocenters. The number of nitrogens with one attached hydrogen (secondary N) is 1. The molecule has 128 valence electrons. The first-order valence-corrected chi connectivity index (χ1v) is 8.31. The lowest BCUT2D eigenvalue weighted by atomic mass is 9.98. The number of nitrogens with zero attached hydrogens (tertiary/aromatic N) is 4. The monoisotopic (exact) mass is 321 g/mol. The van der Waals surface area contributed by atoms with Gasteiger partial charge in [-0.05, 0) is 26.7 Å². The summed E-state index contributed by atoms with van der Waals surface area (Å²) in [6.07, 6.45) is 5.65. The quantitative estimate of drug-likeness (QED) is 0.500. The van der Waals surface area contributed by atoms with Crippen molar-refractivity contribution < 1.29 is 9.53 Å². The molecule has 23 heavy (non-hydrogen) atoms. The van der Waals surface area contributed by atoms with Crippen LogP contribution in [-0.2, 0) is 23.1 Å². The number of likely N-dealkylation sites (tertiary alicyclic amines) is 1. The zero-order chi connectivity index (χ0) is 16.7. The second-order valence-corrected chi connectivity index (χ2v) is 5.73. The van der Waals surface area contributed by atoms with Crippen molar-refractivity contribution in [2.45, 2.75) is 33.2 Å². The molecule has 0 aliphatic carbocycles. The van der Waals surface area contributed by atoms with Gasteiger partial charge in [0.25, 0.3) is 0 Å². The maximum Gasteiger partial charge on any atom is 0.310 e. The minimum Gasteiger partial charge on any atom is -0.466 e. The number of aromatic nitrogens is 2. The van der Waals surface area contributed by atoms with Crippen LogP contribution >= 0.6 is 0 Å². The van der Waals surface area contributed by atoms with E-state index < -0.39 is 0 Å². The van der Waals surface area contributed by atoms with Crippen LogP contribution < -0.4 is 5.32 Å². The van der Waals surface area contributed by atoms with Gasteiger partial charge in [-0.1, -0.05) is 0 Å². The fraction of sp³-hybridized carbons (Fsp3) is 0.688. The van der Waals surface area contributed by atoms with Crippen LogP contribution in [0, 0.1) is 5.92 Å². The Balaban J connectivity index is 2.02. The summed E-state index contributed by atoms with van der Waals surface area (Å²) in [4.78, 5) is 18.8. The molecule has 0 amide bonds. The van der Waals surface area contributed by atoms with Crippen molar-refractivity contribution >= 4 is 11.9 Å². The van der Waals surface area contributed by atoms with E-state index in [1.165, 1.54) is 0 Å². The Morgan fingerprint density at radius 2 is 2.35 bits per heavy atom. The van der Waals surface area contributed by atoms with E-state index in [2.05, 4.69) is 20.3 Å². The van der Waals surface area contributed by atoms with Crippen LogP contribution in [0.4, 0.5) is 0 Å². The van der Waals surface area contributed by atoms with Crippen molar-refractivity contribution in [1.29, 1.82) is 0 Å². The van der Waals surface area contributed by atoms with Crippen LogP contribution in [0.5, 0.6) is 0 Å². The van der Waals surface area contributed by atoms with Crippen LogP contribution in [0.25, 0.3) is 0 Å². The first-order valence-electron chi connectivity index (χ1n) is 8.31. The number of guanidine groups is 1. The highest BCUT2D eigenvalue weighted by Crippen LogP contribution is 2.18. The third kappa shape index (κ3) is 4.97. The maximum atomic E-state index is 12.0. The maximum absolute atomic E-state index is 12.0. The molecule has 0 spiro atoms. The van der Waals surface area contributed by atoms with Gasteiger partial charge in [-0.2, -0.15) is 5.10 Å². The van der Waals surface area contributed by atoms with E-state index in [0.717, 1.165) is 37.5 Å². The van der Waals surface area contributed by atoms with Crippen molar-refractivity contribution in [1.82, 2.24) is 20.0 Å². The molecule has 1 atom stereocenters. The number of carbonyl (C=O) groups excluding carboxylic acids is 1. The first kappa shape index (κ1) is 17.3. The fourth-order valence-electron chi connectivity index (χ4n) is 2.77. The number of esters is 1. The summed E-state index contributed by atoms with van der Waals surface area (Å²) < 4.78 is 6.94. The molecule has 0 saturated carbocycles. The predicted molar refractivity (Wildman–Crippen MR) is 89.0 cm³/mol. The summed E-state index contributed by atoms with van der Waals surface area (Å²) in [6, 6.07) is 0. The minimum atomic E-state index is -0.0969. The molecule has 0 radical (unpaired) electrons. The zero-order valence-electron chi connectivity index (χ0n) is 14.3. The number of rotatable bonds is 5. The SMILES string of the molecule is CCNC(=NCc1cnn(C)c1)N1CCCC(C(=O)OCC)C1. The van der Waals surface area contributed by atoms with Crippen LogP contribution in [-0.4, -0.2) is 52.9 Å². The molecule has 2 heterocycles. The molecular weight excluding hydrogens is 294 g/mol. The summed E-state index contributed by atoms with van der Waals surface area (Å²) in [6.45, 7) is 7.28. The molecule has 2 rings (SSSR count). The number of aryl methyl sites for hydroxylation is 1. The van der Waals surface area contributed by atoms with Gasteiger partial charge in [0.2, 0.25) is 0 Å². The molecule has 1 N–H and O–H groups in total. The second-order valence-electron chi connectivity index (χ2n) is 5.73. The summed E-state index contributed by atoms with van der Waals surface area (Å²) in [5, 5.41) is 7.48. The number of hydrogen-bond donors (Lipinski definition) is 1. The Morgan fingerprint density at radius 3 is 3.00 bits per heavy atom. The van der Waals surface area contributed by atoms with Gasteiger partial charge in [-0.15, -0.1) is 0 Å². The van der Waals surface area contributed by atoms with Crippen molar-refractivity contribution in [3.05, 3.63) is 18.0 Å². The Morgan fingerprint density at radius 1 is 1.52 bits per heavy atom. The highest BCUT2D eigenvalue weighted by Gasteiger charge is 2.28. The molecule has 1 aromatic rings. The zero-order valence-corrected chi connectivity index (χ0v) is 14.3. The van der Waals surface area contributed by atoms with Gasteiger partial charge < -0.3 is 15.0 Å². The van der Waals surface area contributed by atoms with Gasteiger partial charge in [0, 0.05) is 38.4 Å². The van der Waals surface area contributed by atoms with Crippen LogP contribution in [0.1, 0.15) is 32.3 Å². The topological polar surface area (TPSA) is 71.8 Å². The van der Waals surface area contributed by atoms with E-state index in [1.807, 2.05) is 33.3 Å². The van der Waals surface area contributed by atoms with Crippen molar-refractivity contribution in [3.63, 3.8) is 0 Å². The van der Waals surface area contributed by atoms with E-state index in [4.69, 9.17) is 4.74 Å². The molecule has 1 aliphatic rings. The van der Waals surface area contributed by atoms with Gasteiger partial charge in [-0.3, -0.25) is 9.48 Å². The normalized spacial score (nSPS) is 18.8. The van der Waals surface area contributed by atoms with Crippen molar-refractivity contribution in [3.8, 4) is 0 Å². The standard InChI is InChI=1S/C16H27N5O2/c1-4-17-16(18-9-13-10-19-20(3)11-13)21-8-6-7-14(12-21)15(22)23-5-2/h10-11,14H,4-9,12H2,1-3H3,(H,17,18). The second kappa shape index (κ2) is 8.55. The Kier molecular flexibility index (Phi) is 6.43.